The molecule has 3 amide bonds. The van der Waals surface area contributed by atoms with Crippen LogP contribution >= 0.6 is 0 Å². The van der Waals surface area contributed by atoms with Crippen LogP contribution in [0, 0.1) is 0 Å². The number of fused-ring (bicyclic) bond motifs is 3. The molecule has 34 heteroatoms. The Kier molecular flexibility index (Phi) is 28.2. The number of benzene rings is 3. The number of anilines is 12. The third-order valence-electron chi connectivity index (χ3n) is 18.9. The van der Waals surface area contributed by atoms with Gasteiger partial charge in [0.25, 0.3) is 0 Å². The summed E-state index contributed by atoms with van der Waals surface area (Å²) >= 11 is 0. The minimum atomic E-state index is -1.21. The van der Waals surface area contributed by atoms with Crippen molar-refractivity contribution in [1.29, 1.82) is 0 Å². The van der Waals surface area contributed by atoms with Gasteiger partial charge >= 0.3 is 0 Å². The molecule has 0 spiro atoms. The van der Waals surface area contributed by atoms with E-state index in [1.54, 1.807) is 108 Å². The SMILES string of the molecule is C=CC(=O)Nc1cccc(Oc2nc(Nc3ccc(N4CCN(C)CC4)nc3)nc3[nH]ccc23)c1.C=CC(=O)Nc1cccc(Oc2nc(Nc3ccc(N4CCN(C)CC4)nc3)nc3c2ccn3CO)c1.C=CC(=O)Nc1cccc(Oc2nc(Nc3ccc(N4CCN(C)CC4)nc3)nc3c2ccn3COCC[Si](C)(C)C)c1.CO. The van der Waals surface area contributed by atoms with Crippen molar-refractivity contribution >= 4 is 128 Å². The van der Waals surface area contributed by atoms with Crippen molar-refractivity contribution < 1.29 is 43.5 Å². The molecule has 0 aliphatic carbocycles. The lowest BCUT2D eigenvalue weighted by Gasteiger charge is -2.33. The molecule has 15 rings (SSSR count). The molecule has 12 aromatic rings. The lowest BCUT2D eigenvalue weighted by molar-refractivity contribution is -0.112. The molecule has 33 nitrogen and oxygen atoms in total. The van der Waals surface area contributed by atoms with Gasteiger partial charge in [0, 0.05) is 154 Å². The van der Waals surface area contributed by atoms with E-state index in [0.717, 1.165) is 137 Å². The van der Waals surface area contributed by atoms with Crippen LogP contribution in [0.25, 0.3) is 33.1 Å². The number of likely N-dealkylation sites (N-methyl/N-ethyl adjacent to an activating group) is 3. The van der Waals surface area contributed by atoms with Crippen LogP contribution in [0.5, 0.6) is 34.9 Å². The second kappa shape index (κ2) is 39.7. The Bertz CT molecular complexity index is 5370. The molecular formula is C83H98N24O9Si. The number of ether oxygens (including phenoxy) is 4. The highest BCUT2D eigenvalue weighted by atomic mass is 28.3. The van der Waals surface area contributed by atoms with Crippen molar-refractivity contribution in [3.8, 4) is 34.9 Å². The van der Waals surface area contributed by atoms with E-state index in [9.17, 15) is 19.5 Å². The van der Waals surface area contributed by atoms with E-state index in [1.807, 2.05) is 65.4 Å². The van der Waals surface area contributed by atoms with Gasteiger partial charge in [-0.25, -0.2) is 15.0 Å². The first-order valence-corrected chi connectivity index (χ1v) is 41.8. The Morgan fingerprint density at radius 3 is 1.19 bits per heavy atom. The molecule has 9 N–H and O–H groups in total. The van der Waals surface area contributed by atoms with Crippen LogP contribution in [0.2, 0.25) is 25.7 Å². The number of H-pyrrole nitrogens is 1. The summed E-state index contributed by atoms with van der Waals surface area (Å²) in [7, 11) is 6.19. The standard InChI is InChI=1S/C31H40N8O3Si.C26H28N8O3.C25H26N8O2.CH4O/c1-6-28(40)33-23-8-7-9-25(20-23)42-30-26-12-13-39(22-41-18-19-43(3,4)5)29(26)35-31(36-30)34-24-10-11-27(32-21-24)38-16-14-37(2)15-17-38;1-3-23(36)28-18-5-4-6-20(15-18)37-25-21-9-10-34(17-35)24(21)30-26(31-25)29-19-7-8-22(27-16-19)33-13-11-32(2)12-14-33;1-3-22(34)28-17-5-4-6-19(15-17)35-24-20-9-10-26-23(20)30-25(31-24)29-18-7-8-21(27-16-18)33-13-11-32(2)12-14-33;1-2/h6-13,20-21H,1,14-19,22H2,2-5H3,(H,33,40)(H,34,35,36);3-10,15-16,35H,1,11-14,17H2,2H3,(H,28,36)(H,29,30,31);3-10,15-16H,1,11-14H2,2H3,(H,28,34)(H2,26,29,30,31);2H,1H3. The van der Waals surface area contributed by atoms with E-state index in [4.69, 9.17) is 34.0 Å². The first-order chi connectivity index (χ1) is 56.7. The summed E-state index contributed by atoms with van der Waals surface area (Å²) in [5.41, 5.74) is 5.82. The average Bonchev–Trinajstić information content (AvgIpc) is 1.68. The number of piperazine rings is 3. The van der Waals surface area contributed by atoms with Crippen LogP contribution in [0.4, 0.5) is 69.4 Å². The average molecular weight is 1600 g/mol. The quantitative estimate of drug-likeness (QED) is 0.0131. The molecule has 3 aliphatic rings. The second-order valence-electron chi connectivity index (χ2n) is 28.8. The first-order valence-electron chi connectivity index (χ1n) is 38.1. The molecule has 3 aromatic carbocycles. The summed E-state index contributed by atoms with van der Waals surface area (Å²) in [5, 5.41) is 36.8. The maximum absolute atomic E-state index is 11.8. The van der Waals surface area contributed by atoms with Gasteiger partial charge in [0.15, 0.2) is 11.3 Å². The molecule has 0 radical (unpaired) electrons. The number of carbonyl (C=O) groups is 3. The van der Waals surface area contributed by atoms with E-state index in [0.29, 0.717) is 105 Å². The second-order valence-corrected chi connectivity index (χ2v) is 34.4. The van der Waals surface area contributed by atoms with Crippen LogP contribution in [0.3, 0.4) is 0 Å². The van der Waals surface area contributed by atoms with Crippen molar-refractivity contribution in [3.63, 3.8) is 0 Å². The van der Waals surface area contributed by atoms with Gasteiger partial charge in [0.1, 0.15) is 53.8 Å². The molecule has 3 aliphatic heterocycles. The van der Waals surface area contributed by atoms with Gasteiger partial charge in [-0.3, -0.25) is 14.4 Å². The normalized spacial score (nSPS) is 13.8. The monoisotopic (exact) mass is 1600 g/mol. The summed E-state index contributed by atoms with van der Waals surface area (Å²) in [4.78, 5) is 93.7. The van der Waals surface area contributed by atoms with Crippen LogP contribution in [0.1, 0.15) is 0 Å². The van der Waals surface area contributed by atoms with Crippen LogP contribution < -0.4 is 60.8 Å². The highest BCUT2D eigenvalue weighted by molar-refractivity contribution is 6.76. The van der Waals surface area contributed by atoms with Crippen molar-refractivity contribution in [2.24, 2.45) is 0 Å². The highest BCUT2D eigenvalue weighted by Gasteiger charge is 2.23. The van der Waals surface area contributed by atoms with Gasteiger partial charge in [0.2, 0.25) is 53.2 Å². The minimum absolute atomic E-state index is 0.246. The molecule has 0 atom stereocenters. The molecule has 117 heavy (non-hydrogen) atoms. The van der Waals surface area contributed by atoms with E-state index in [2.05, 4.69) is 162 Å². The van der Waals surface area contributed by atoms with Gasteiger partial charge in [-0.05, 0) is 136 Å². The molecule has 3 saturated heterocycles. The summed E-state index contributed by atoms with van der Waals surface area (Å²) < 4.78 is 28.0. The summed E-state index contributed by atoms with van der Waals surface area (Å²) in [6, 6.07) is 39.7. The smallest absolute Gasteiger partial charge is 0.247 e. The van der Waals surface area contributed by atoms with Crippen LogP contribution in [0.15, 0.2) is 203 Å². The summed E-state index contributed by atoms with van der Waals surface area (Å²) in [6.07, 6.45) is 14.4. The number of aromatic nitrogens is 12. The number of pyridine rings is 3. The van der Waals surface area contributed by atoms with E-state index in [1.165, 1.54) is 18.2 Å². The minimum Gasteiger partial charge on any atom is -0.438 e. The lowest BCUT2D eigenvalue weighted by Crippen LogP contribution is -2.44. The zero-order valence-electron chi connectivity index (χ0n) is 66.6. The predicted octanol–water partition coefficient (Wildman–Crippen LogP) is 12.1. The number of aliphatic hydroxyl groups excluding tert-OH is 2. The molecule has 9 aromatic heterocycles. The fraction of sp³-hybridized carbons (Fsp3) is 0.277. The van der Waals surface area contributed by atoms with E-state index < -0.39 is 8.07 Å². The number of aliphatic hydroxyl groups is 2. The molecule has 608 valence electrons. The number of amides is 3. The maximum Gasteiger partial charge on any atom is 0.247 e. The third-order valence-corrected chi connectivity index (χ3v) is 20.6. The maximum atomic E-state index is 11.8. The molecule has 3 fully saturated rings. The Balaban J connectivity index is 0.000000161. The number of nitrogens with one attached hydrogen (secondary N) is 7. The number of rotatable bonds is 27. The van der Waals surface area contributed by atoms with Crippen molar-refractivity contribution in [2.45, 2.75) is 39.1 Å². The van der Waals surface area contributed by atoms with Gasteiger partial charge in [-0.1, -0.05) is 57.6 Å². The number of aromatic amines is 1. The van der Waals surface area contributed by atoms with Crippen molar-refractivity contribution in [2.75, 3.05) is 160 Å². The number of hydrogen-bond donors (Lipinski definition) is 9. The van der Waals surface area contributed by atoms with Crippen LogP contribution in [-0.2, 0) is 32.6 Å². The Hall–Kier alpha value is -13.2. The van der Waals surface area contributed by atoms with E-state index >= 15 is 0 Å². The first kappa shape index (κ1) is 83.2. The Morgan fingerprint density at radius 1 is 0.462 bits per heavy atom. The Labute approximate surface area is 678 Å². The topological polar surface area (TPSA) is 362 Å². The molecular weight excluding hydrogens is 1510 g/mol. The number of carbonyl (C=O) groups excluding carboxylic acids is 3. The van der Waals surface area contributed by atoms with Gasteiger partial charge < -0.3 is 105 Å². The van der Waals surface area contributed by atoms with Crippen molar-refractivity contribution in [3.05, 3.63) is 203 Å². The van der Waals surface area contributed by atoms with Crippen LogP contribution in [-0.4, -0.2) is 223 Å². The lowest BCUT2D eigenvalue weighted by atomic mass is 10.3. The molecule has 0 bridgehead atoms. The largest absolute Gasteiger partial charge is 0.438 e. The predicted molar refractivity (Wildman–Crippen MR) is 461 cm³/mol. The zero-order valence-corrected chi connectivity index (χ0v) is 67.6. The number of hydrogen-bond acceptors (Lipinski definition) is 27. The Morgan fingerprint density at radius 2 is 0.829 bits per heavy atom. The molecule has 0 unspecified atom stereocenters. The molecule has 12 heterocycles. The zero-order chi connectivity index (χ0) is 82.4. The van der Waals surface area contributed by atoms with Gasteiger partial charge in [-0.2, -0.15) is 29.9 Å². The fourth-order valence-corrected chi connectivity index (χ4v) is 13.2. The number of nitrogens with zero attached hydrogens (tertiary/aromatic N) is 17. The fourth-order valence-electron chi connectivity index (χ4n) is 12.4. The highest BCUT2D eigenvalue weighted by Crippen LogP contribution is 2.36. The van der Waals surface area contributed by atoms with Gasteiger partial charge in [-0.15, -0.1) is 0 Å². The van der Waals surface area contributed by atoms with Crippen molar-refractivity contribution in [1.82, 2.24) is 73.7 Å². The van der Waals surface area contributed by atoms with E-state index in [-0.39, 0.29) is 24.5 Å². The summed E-state index contributed by atoms with van der Waals surface area (Å²) in [5.74, 6) is 5.54. The van der Waals surface area contributed by atoms with Gasteiger partial charge in [0.05, 0.1) is 51.8 Å². The molecule has 0 saturated carbocycles. The summed E-state index contributed by atoms with van der Waals surface area (Å²) in [6.45, 7) is 30.1. The third kappa shape index (κ3) is 23.1.